The molecule has 1 heterocycles. The number of rotatable bonds is 2. The summed E-state index contributed by atoms with van der Waals surface area (Å²) in [5, 5.41) is 0. The van der Waals surface area contributed by atoms with Crippen LogP contribution in [-0.4, -0.2) is 11.7 Å². The summed E-state index contributed by atoms with van der Waals surface area (Å²) in [4.78, 5) is 27.5. The predicted molar refractivity (Wildman–Crippen MR) is 97.0 cm³/mol. The molecule has 0 bridgehead atoms. The monoisotopic (exact) mass is 421 g/mol. The van der Waals surface area contributed by atoms with E-state index in [4.69, 9.17) is 0 Å². The molecule has 0 radical (unpaired) electrons. The highest BCUT2D eigenvalue weighted by molar-refractivity contribution is 14.1. The van der Waals surface area contributed by atoms with Gasteiger partial charge < -0.3 is 0 Å². The minimum atomic E-state index is -0.124. The first-order valence-electron chi connectivity index (χ1n) is 6.65. The Morgan fingerprint density at radius 3 is 2.50 bits per heavy atom. The molecule has 0 aromatic heterocycles. The Bertz CT molecular complexity index is 801. The van der Waals surface area contributed by atoms with Crippen LogP contribution in [0.5, 0.6) is 0 Å². The number of carbonyl (C=O) groups is 2. The van der Waals surface area contributed by atoms with E-state index in [-0.39, 0.29) is 11.7 Å². The molecule has 0 unspecified atom stereocenters. The lowest BCUT2D eigenvalue weighted by atomic mass is 10.1. The van der Waals surface area contributed by atoms with E-state index in [1.165, 1.54) is 23.6 Å². The van der Waals surface area contributed by atoms with Crippen LogP contribution in [0, 0.1) is 3.57 Å². The van der Waals surface area contributed by atoms with Gasteiger partial charge in [-0.05, 0) is 46.9 Å². The van der Waals surface area contributed by atoms with Crippen molar-refractivity contribution in [2.75, 3.05) is 4.90 Å². The van der Waals surface area contributed by atoms with E-state index in [1.54, 1.807) is 6.20 Å². The highest BCUT2D eigenvalue weighted by atomic mass is 127. The van der Waals surface area contributed by atoms with Crippen molar-refractivity contribution in [3.05, 3.63) is 68.8 Å². The number of Topliss-reactive ketones (excluding diaryl/α,β-unsaturated/α-hetero) is 1. The van der Waals surface area contributed by atoms with E-state index in [1.807, 2.05) is 48.5 Å². The molecule has 2 aromatic carbocycles. The molecule has 0 fully saturated rings. The van der Waals surface area contributed by atoms with Crippen molar-refractivity contribution < 1.29 is 9.59 Å². The van der Waals surface area contributed by atoms with Crippen LogP contribution in [0.25, 0.3) is 0 Å². The molecule has 2 aromatic rings. The lowest BCUT2D eigenvalue weighted by molar-refractivity contribution is -0.116. The minimum Gasteiger partial charge on any atom is -0.288 e. The first-order valence-corrected chi connectivity index (χ1v) is 8.55. The van der Waals surface area contributed by atoms with Gasteiger partial charge in [-0.2, -0.15) is 0 Å². The molecule has 22 heavy (non-hydrogen) atoms. The Labute approximate surface area is 146 Å². The zero-order chi connectivity index (χ0) is 15.7. The third-order valence-electron chi connectivity index (χ3n) is 3.27. The van der Waals surface area contributed by atoms with Crippen molar-refractivity contribution in [2.45, 2.75) is 11.8 Å². The number of halogens is 1. The molecule has 3 nitrogen and oxygen atoms in total. The zero-order valence-corrected chi connectivity index (χ0v) is 14.7. The van der Waals surface area contributed by atoms with Gasteiger partial charge in [0, 0.05) is 27.2 Å². The molecule has 1 aliphatic heterocycles. The van der Waals surface area contributed by atoms with Gasteiger partial charge in [0.2, 0.25) is 11.7 Å². The summed E-state index contributed by atoms with van der Waals surface area (Å²) in [6.45, 7) is 1.50. The Morgan fingerprint density at radius 1 is 1.14 bits per heavy atom. The van der Waals surface area contributed by atoms with Crippen LogP contribution >= 0.6 is 34.4 Å². The number of carbonyl (C=O) groups excluding carboxylic acids is 2. The zero-order valence-electron chi connectivity index (χ0n) is 11.7. The second kappa shape index (κ2) is 6.26. The Morgan fingerprint density at radius 2 is 1.82 bits per heavy atom. The number of hydrogen-bond donors (Lipinski definition) is 0. The third kappa shape index (κ3) is 2.83. The summed E-state index contributed by atoms with van der Waals surface area (Å²) >= 11 is 3.59. The summed E-state index contributed by atoms with van der Waals surface area (Å²) < 4.78 is 0.958. The fraction of sp³-hybridized carbons (Fsp3) is 0.0588. The van der Waals surface area contributed by atoms with Crippen molar-refractivity contribution in [3.63, 3.8) is 0 Å². The first kappa shape index (κ1) is 15.3. The SMILES string of the molecule is CC(=O)N(C=C1Sc2ccccc2C1=O)c1ccccc1I. The predicted octanol–water partition coefficient (Wildman–Crippen LogP) is 4.47. The number of hydrogen-bond acceptors (Lipinski definition) is 3. The fourth-order valence-electron chi connectivity index (χ4n) is 2.22. The lowest BCUT2D eigenvalue weighted by Gasteiger charge is -2.18. The number of amides is 1. The highest BCUT2D eigenvalue weighted by Crippen LogP contribution is 2.40. The maximum Gasteiger partial charge on any atom is 0.227 e. The van der Waals surface area contributed by atoms with Crippen LogP contribution in [-0.2, 0) is 4.79 Å². The molecule has 110 valence electrons. The molecule has 0 saturated carbocycles. The standard InChI is InChI=1S/C17H12INO2S/c1-11(20)19(14-8-4-3-7-13(14)18)10-16-17(21)12-6-2-5-9-15(12)22-16/h2-10H,1H3. The number of benzene rings is 2. The number of allylic oxidation sites excluding steroid dienone is 1. The van der Waals surface area contributed by atoms with Crippen molar-refractivity contribution in [3.8, 4) is 0 Å². The van der Waals surface area contributed by atoms with Gasteiger partial charge in [0.25, 0.3) is 0 Å². The van der Waals surface area contributed by atoms with Gasteiger partial charge in [-0.15, -0.1) is 0 Å². The van der Waals surface area contributed by atoms with Gasteiger partial charge in [0.05, 0.1) is 10.6 Å². The molecule has 0 N–H and O–H groups in total. The van der Waals surface area contributed by atoms with Crippen molar-refractivity contribution in [2.24, 2.45) is 0 Å². The number of fused-ring (bicyclic) bond motifs is 1. The van der Waals surface area contributed by atoms with E-state index in [0.29, 0.717) is 10.5 Å². The van der Waals surface area contributed by atoms with Gasteiger partial charge in [-0.25, -0.2) is 0 Å². The van der Waals surface area contributed by atoms with Crippen LogP contribution in [0.1, 0.15) is 17.3 Å². The van der Waals surface area contributed by atoms with Gasteiger partial charge in [0.15, 0.2) is 0 Å². The first-order chi connectivity index (χ1) is 10.6. The second-order valence-electron chi connectivity index (χ2n) is 4.76. The van der Waals surface area contributed by atoms with Crippen LogP contribution in [0.3, 0.4) is 0 Å². The van der Waals surface area contributed by atoms with Crippen molar-refractivity contribution in [1.29, 1.82) is 0 Å². The molecule has 1 amide bonds. The van der Waals surface area contributed by atoms with Crippen LogP contribution < -0.4 is 4.90 Å². The molecule has 0 aliphatic carbocycles. The van der Waals surface area contributed by atoms with Gasteiger partial charge in [0.1, 0.15) is 0 Å². The van der Waals surface area contributed by atoms with Crippen molar-refractivity contribution >= 4 is 51.7 Å². The molecule has 5 heteroatoms. The Hall–Kier alpha value is -1.60. The van der Waals surface area contributed by atoms with E-state index in [9.17, 15) is 9.59 Å². The maximum absolute atomic E-state index is 12.4. The Kier molecular flexibility index (Phi) is 4.35. The van der Waals surface area contributed by atoms with Gasteiger partial charge in [-0.1, -0.05) is 36.0 Å². The van der Waals surface area contributed by atoms with Crippen LogP contribution in [0.15, 0.2) is 64.5 Å². The van der Waals surface area contributed by atoms with Gasteiger partial charge >= 0.3 is 0 Å². The van der Waals surface area contributed by atoms with Gasteiger partial charge in [-0.3, -0.25) is 14.5 Å². The molecule has 3 rings (SSSR count). The smallest absolute Gasteiger partial charge is 0.227 e. The number of ketones is 1. The molecular formula is C17H12INO2S. The summed E-state index contributed by atoms with van der Waals surface area (Å²) in [5.41, 5.74) is 1.48. The number of anilines is 1. The third-order valence-corrected chi connectivity index (χ3v) is 5.27. The summed E-state index contributed by atoms with van der Waals surface area (Å²) in [5.74, 6) is -0.154. The maximum atomic E-state index is 12.4. The molecular weight excluding hydrogens is 409 g/mol. The number of para-hydroxylation sites is 1. The molecule has 0 spiro atoms. The summed E-state index contributed by atoms with van der Waals surface area (Å²) in [6.07, 6.45) is 1.65. The second-order valence-corrected chi connectivity index (χ2v) is 7.01. The Balaban J connectivity index is 2.01. The van der Waals surface area contributed by atoms with E-state index in [0.717, 1.165) is 14.2 Å². The number of nitrogens with zero attached hydrogens (tertiary/aromatic N) is 1. The summed E-state index contributed by atoms with van der Waals surface area (Å²) in [6, 6.07) is 15.1. The van der Waals surface area contributed by atoms with Crippen LogP contribution in [0.4, 0.5) is 5.69 Å². The fourth-order valence-corrected chi connectivity index (χ4v) is 3.88. The number of thioether (sulfide) groups is 1. The summed E-state index contributed by atoms with van der Waals surface area (Å²) in [7, 11) is 0. The van der Waals surface area contributed by atoms with E-state index >= 15 is 0 Å². The van der Waals surface area contributed by atoms with Crippen LogP contribution in [0.2, 0.25) is 0 Å². The molecule has 1 aliphatic rings. The van der Waals surface area contributed by atoms with Crippen molar-refractivity contribution in [1.82, 2.24) is 0 Å². The normalized spacial score (nSPS) is 15.0. The van der Waals surface area contributed by atoms with E-state index in [2.05, 4.69) is 22.6 Å². The van der Waals surface area contributed by atoms with E-state index < -0.39 is 0 Å². The quantitative estimate of drug-likeness (QED) is 0.531. The topological polar surface area (TPSA) is 37.4 Å². The molecule has 0 saturated heterocycles. The lowest BCUT2D eigenvalue weighted by Crippen LogP contribution is -2.23. The molecule has 0 atom stereocenters. The largest absolute Gasteiger partial charge is 0.288 e. The average molecular weight is 421 g/mol. The minimum absolute atomic E-state index is 0.0298. The highest BCUT2D eigenvalue weighted by Gasteiger charge is 2.27. The average Bonchev–Trinajstić information content (AvgIpc) is 2.82.